The van der Waals surface area contributed by atoms with E-state index in [0.717, 1.165) is 25.9 Å². The maximum absolute atomic E-state index is 10.3. The van der Waals surface area contributed by atoms with Crippen LogP contribution in [0, 0.1) is 11.3 Å². The number of pyridine rings is 1. The zero-order valence-electron chi connectivity index (χ0n) is 14.2. The highest BCUT2D eigenvalue weighted by molar-refractivity contribution is 6.60. The molecule has 1 saturated heterocycles. The van der Waals surface area contributed by atoms with Gasteiger partial charge in [-0.3, -0.25) is 0 Å². The van der Waals surface area contributed by atoms with Crippen molar-refractivity contribution in [3.8, 4) is 6.07 Å². The van der Waals surface area contributed by atoms with Crippen LogP contribution in [0.25, 0.3) is 0 Å². The highest BCUT2D eigenvalue weighted by Crippen LogP contribution is 2.26. The Morgan fingerprint density at radius 1 is 1.30 bits per heavy atom. The van der Waals surface area contributed by atoms with E-state index < -0.39 is 18.3 Å². The van der Waals surface area contributed by atoms with E-state index in [1.807, 2.05) is 0 Å². The van der Waals surface area contributed by atoms with E-state index >= 15 is 0 Å². The minimum atomic E-state index is -1.26. The lowest BCUT2D eigenvalue weighted by molar-refractivity contribution is -0.0982. The third-order valence-corrected chi connectivity index (χ3v) is 4.58. The Kier molecular flexibility index (Phi) is 5.00. The van der Waals surface area contributed by atoms with Crippen LogP contribution in [0.3, 0.4) is 0 Å². The molecule has 0 amide bonds. The molecule has 0 unspecified atom stereocenters. The molecule has 0 aliphatic carbocycles. The fourth-order valence-corrected chi connectivity index (χ4v) is 2.36. The Hall–Kier alpha value is -1.62. The molecular weight excluding hydrogens is 293 g/mol. The first-order valence-electron chi connectivity index (χ1n) is 7.89. The Morgan fingerprint density at radius 2 is 1.91 bits per heavy atom. The third kappa shape index (κ3) is 3.84. The first kappa shape index (κ1) is 17.7. The fraction of sp³-hybridized carbons (Fsp3) is 0.625. The lowest BCUT2D eigenvalue weighted by Gasteiger charge is -2.38. The first-order chi connectivity index (χ1) is 10.7. The van der Waals surface area contributed by atoms with Gasteiger partial charge in [-0.25, -0.2) is 4.98 Å². The van der Waals surface area contributed by atoms with Gasteiger partial charge >= 0.3 is 7.12 Å². The van der Waals surface area contributed by atoms with Gasteiger partial charge in [-0.05, 0) is 46.6 Å². The number of nitrogens with zero attached hydrogens (tertiary/aromatic N) is 3. The molecule has 1 aliphatic heterocycles. The molecule has 0 spiro atoms. The van der Waals surface area contributed by atoms with Crippen molar-refractivity contribution in [3.05, 3.63) is 17.8 Å². The van der Waals surface area contributed by atoms with E-state index in [-0.39, 0.29) is 0 Å². The summed E-state index contributed by atoms with van der Waals surface area (Å²) in [7, 11) is -1.26. The smallest absolute Gasteiger partial charge is 0.423 e. The molecule has 0 atom stereocenters. The van der Waals surface area contributed by atoms with Crippen LogP contribution in [0.15, 0.2) is 12.3 Å². The van der Waals surface area contributed by atoms with E-state index in [0.29, 0.717) is 16.8 Å². The van der Waals surface area contributed by atoms with Gasteiger partial charge in [0.1, 0.15) is 11.9 Å². The molecule has 2 heterocycles. The van der Waals surface area contributed by atoms with Gasteiger partial charge in [0.25, 0.3) is 0 Å². The van der Waals surface area contributed by atoms with Crippen LogP contribution < -0.4 is 10.4 Å². The molecule has 7 heteroatoms. The summed E-state index contributed by atoms with van der Waals surface area (Å²) >= 11 is 0. The van der Waals surface area contributed by atoms with Gasteiger partial charge < -0.3 is 19.7 Å². The fourth-order valence-electron chi connectivity index (χ4n) is 2.36. The summed E-state index contributed by atoms with van der Waals surface area (Å²) < 4.78 is 5.60. The monoisotopic (exact) mass is 317 g/mol. The predicted octanol–water partition coefficient (Wildman–Crippen LogP) is 0.807. The number of hydrogen-bond donors (Lipinski definition) is 2. The van der Waals surface area contributed by atoms with Crippen LogP contribution in [0.4, 0.5) is 5.82 Å². The van der Waals surface area contributed by atoms with Gasteiger partial charge in [0.2, 0.25) is 0 Å². The molecule has 124 valence electrons. The zero-order valence-corrected chi connectivity index (χ0v) is 14.2. The highest BCUT2D eigenvalue weighted by atomic mass is 16.5. The van der Waals surface area contributed by atoms with Gasteiger partial charge in [-0.1, -0.05) is 0 Å². The van der Waals surface area contributed by atoms with Crippen molar-refractivity contribution >= 4 is 18.4 Å². The SMILES string of the molecule is CC(C)(O)C(C)(C)OB(O)c1cnc(N2CCCC2)c(C#N)c1. The molecule has 6 nitrogen and oxygen atoms in total. The topological polar surface area (TPSA) is 89.6 Å². The average Bonchev–Trinajstić information content (AvgIpc) is 2.98. The Morgan fingerprint density at radius 3 is 2.43 bits per heavy atom. The summed E-state index contributed by atoms with van der Waals surface area (Å²) in [6.07, 6.45) is 3.72. The van der Waals surface area contributed by atoms with Crippen LogP contribution in [0.2, 0.25) is 0 Å². The summed E-state index contributed by atoms with van der Waals surface area (Å²) in [5, 5.41) is 29.8. The minimum Gasteiger partial charge on any atom is -0.423 e. The highest BCUT2D eigenvalue weighted by Gasteiger charge is 2.39. The molecule has 1 aromatic heterocycles. The summed E-state index contributed by atoms with van der Waals surface area (Å²) in [5.41, 5.74) is -1.27. The summed E-state index contributed by atoms with van der Waals surface area (Å²) in [5.74, 6) is 0.655. The van der Waals surface area contributed by atoms with E-state index in [2.05, 4.69) is 16.0 Å². The molecule has 2 N–H and O–H groups in total. The first-order valence-corrected chi connectivity index (χ1v) is 7.89. The number of rotatable bonds is 5. The molecule has 0 radical (unpaired) electrons. The van der Waals surface area contributed by atoms with Crippen LogP contribution in [-0.4, -0.2) is 46.5 Å². The van der Waals surface area contributed by atoms with Crippen molar-refractivity contribution in [1.29, 1.82) is 5.26 Å². The zero-order chi connectivity index (χ0) is 17.3. The van der Waals surface area contributed by atoms with Gasteiger partial charge in [-0.2, -0.15) is 5.26 Å². The van der Waals surface area contributed by atoms with Crippen molar-refractivity contribution in [2.75, 3.05) is 18.0 Å². The quantitative estimate of drug-likeness (QED) is 0.781. The van der Waals surface area contributed by atoms with Gasteiger partial charge in [0, 0.05) is 24.7 Å². The van der Waals surface area contributed by atoms with Crippen molar-refractivity contribution in [2.24, 2.45) is 0 Å². The number of hydrogen-bond acceptors (Lipinski definition) is 6. The second-order valence-electron chi connectivity index (χ2n) is 6.99. The average molecular weight is 317 g/mol. The Balaban J connectivity index is 2.22. The third-order valence-electron chi connectivity index (χ3n) is 4.58. The maximum atomic E-state index is 10.3. The van der Waals surface area contributed by atoms with Crippen molar-refractivity contribution < 1.29 is 14.8 Å². The van der Waals surface area contributed by atoms with Crippen LogP contribution in [0.5, 0.6) is 0 Å². The summed E-state index contributed by atoms with van der Waals surface area (Å²) in [6.45, 7) is 8.43. The van der Waals surface area contributed by atoms with Crippen LogP contribution in [-0.2, 0) is 4.65 Å². The largest absolute Gasteiger partial charge is 0.493 e. The van der Waals surface area contributed by atoms with Crippen molar-refractivity contribution in [1.82, 2.24) is 4.98 Å². The molecule has 23 heavy (non-hydrogen) atoms. The number of anilines is 1. The Bertz CT molecular complexity index is 602. The molecule has 0 aromatic carbocycles. The Labute approximate surface area is 137 Å². The van der Waals surface area contributed by atoms with Crippen LogP contribution in [0.1, 0.15) is 46.1 Å². The lowest BCUT2D eigenvalue weighted by atomic mass is 9.77. The van der Waals surface area contributed by atoms with Crippen molar-refractivity contribution in [2.45, 2.75) is 51.7 Å². The molecule has 1 aliphatic rings. The number of aromatic nitrogens is 1. The van der Waals surface area contributed by atoms with E-state index in [4.69, 9.17) is 4.65 Å². The van der Waals surface area contributed by atoms with Gasteiger partial charge in [0.15, 0.2) is 0 Å². The lowest BCUT2D eigenvalue weighted by Crippen LogP contribution is -2.53. The molecular formula is C16H24BN3O3. The molecule has 0 saturated carbocycles. The van der Waals surface area contributed by atoms with Crippen LogP contribution >= 0.6 is 0 Å². The molecule has 1 fully saturated rings. The molecule has 0 bridgehead atoms. The van der Waals surface area contributed by atoms with Gasteiger partial charge in [-0.15, -0.1) is 0 Å². The number of aliphatic hydroxyl groups is 1. The summed E-state index contributed by atoms with van der Waals surface area (Å²) in [6, 6.07) is 3.74. The number of nitriles is 1. The summed E-state index contributed by atoms with van der Waals surface area (Å²) in [4.78, 5) is 6.43. The standard InChI is InChI=1S/C16H24BN3O3/c1-15(2,21)16(3,4)23-17(22)13-9-12(10-18)14(19-11-13)20-7-5-6-8-20/h9,11,21-22H,5-8H2,1-4H3. The maximum Gasteiger partial charge on any atom is 0.493 e. The van der Waals surface area contributed by atoms with Gasteiger partial charge in [0.05, 0.1) is 16.8 Å². The minimum absolute atomic E-state index is 0.404. The van der Waals surface area contributed by atoms with Crippen molar-refractivity contribution in [3.63, 3.8) is 0 Å². The second kappa shape index (κ2) is 6.48. The normalized spacial score (nSPS) is 15.6. The second-order valence-corrected chi connectivity index (χ2v) is 6.99. The predicted molar refractivity (Wildman–Crippen MR) is 89.5 cm³/mol. The molecule has 2 rings (SSSR count). The van der Waals surface area contributed by atoms with E-state index in [1.54, 1.807) is 33.8 Å². The molecule has 1 aromatic rings. The van der Waals surface area contributed by atoms with E-state index in [9.17, 15) is 15.4 Å². The van der Waals surface area contributed by atoms with E-state index in [1.165, 1.54) is 6.20 Å².